The third-order valence-electron chi connectivity index (χ3n) is 5.54. The van der Waals surface area contributed by atoms with Crippen LogP contribution in [0.2, 0.25) is 0 Å². The molecule has 0 aliphatic rings. The van der Waals surface area contributed by atoms with E-state index in [2.05, 4.69) is 24.5 Å². The van der Waals surface area contributed by atoms with Gasteiger partial charge in [-0.05, 0) is 25.7 Å². The van der Waals surface area contributed by atoms with Crippen LogP contribution in [0.15, 0.2) is 0 Å². The van der Waals surface area contributed by atoms with Crippen LogP contribution in [0, 0.1) is 0 Å². The Morgan fingerprint density at radius 1 is 0.483 bits per heavy atom. The first-order valence-electron chi connectivity index (χ1n) is 12.7. The highest BCUT2D eigenvalue weighted by atomic mass is 16.2. The molecule has 0 aromatic carbocycles. The van der Waals surface area contributed by atoms with E-state index in [4.69, 9.17) is 0 Å². The van der Waals surface area contributed by atoms with Crippen LogP contribution >= 0.6 is 0 Å². The molecule has 0 fully saturated rings. The van der Waals surface area contributed by atoms with Gasteiger partial charge in [0.1, 0.15) is 5.78 Å². The molecule has 2 amide bonds. The minimum absolute atomic E-state index is 0.0385. The van der Waals surface area contributed by atoms with Gasteiger partial charge in [0.15, 0.2) is 0 Å². The third-order valence-corrected chi connectivity index (χ3v) is 5.54. The molecular weight excluding hydrogens is 360 g/mol. The van der Waals surface area contributed by atoms with Crippen molar-refractivity contribution in [3.8, 4) is 0 Å². The van der Waals surface area contributed by atoms with E-state index in [9.17, 15) is 9.59 Å². The van der Waals surface area contributed by atoms with E-state index < -0.39 is 0 Å². The Labute approximate surface area is 181 Å². The zero-order valence-electron chi connectivity index (χ0n) is 19.7. The van der Waals surface area contributed by atoms with Crippen molar-refractivity contribution in [3.63, 3.8) is 0 Å². The Morgan fingerprint density at radius 3 is 1.24 bits per heavy atom. The largest absolute Gasteiger partial charge is 0.338 e. The fraction of sp³-hybridized carbons (Fsp3) is 0.920. The third kappa shape index (κ3) is 23.1. The van der Waals surface area contributed by atoms with E-state index in [1.807, 2.05) is 0 Å². The van der Waals surface area contributed by atoms with Crippen molar-refractivity contribution in [2.24, 2.45) is 0 Å². The molecule has 4 nitrogen and oxygen atoms in total. The van der Waals surface area contributed by atoms with E-state index in [0.717, 1.165) is 64.5 Å². The van der Waals surface area contributed by atoms with Gasteiger partial charge >= 0.3 is 6.03 Å². The molecule has 0 heterocycles. The SMILES string of the molecule is CCCCCCCCCC(=O)CCCCCCNC(=O)NCCCCCCCC. The van der Waals surface area contributed by atoms with E-state index in [0.29, 0.717) is 5.78 Å². The number of amides is 2. The summed E-state index contributed by atoms with van der Waals surface area (Å²) in [7, 11) is 0. The Morgan fingerprint density at radius 2 is 0.828 bits per heavy atom. The van der Waals surface area contributed by atoms with Gasteiger partial charge in [-0.1, -0.05) is 97.3 Å². The van der Waals surface area contributed by atoms with Crippen molar-refractivity contribution in [1.82, 2.24) is 10.6 Å². The Hall–Kier alpha value is -1.06. The first kappa shape index (κ1) is 27.9. The van der Waals surface area contributed by atoms with Crippen LogP contribution in [0.5, 0.6) is 0 Å². The fourth-order valence-corrected chi connectivity index (χ4v) is 3.58. The summed E-state index contributed by atoms with van der Waals surface area (Å²) in [6.07, 6.45) is 22.0. The van der Waals surface area contributed by atoms with Crippen molar-refractivity contribution in [3.05, 3.63) is 0 Å². The lowest BCUT2D eigenvalue weighted by Crippen LogP contribution is -2.36. The molecule has 0 bridgehead atoms. The van der Waals surface area contributed by atoms with Crippen molar-refractivity contribution >= 4 is 11.8 Å². The summed E-state index contributed by atoms with van der Waals surface area (Å²) in [5, 5.41) is 5.86. The predicted octanol–water partition coefficient (Wildman–Crippen LogP) is 7.31. The summed E-state index contributed by atoms with van der Waals surface area (Å²) in [5.74, 6) is 0.436. The van der Waals surface area contributed by atoms with Gasteiger partial charge in [0.05, 0.1) is 0 Å². The highest BCUT2D eigenvalue weighted by molar-refractivity contribution is 5.78. The average molecular weight is 411 g/mol. The summed E-state index contributed by atoms with van der Waals surface area (Å²) in [4.78, 5) is 23.6. The number of carbonyl (C=O) groups excluding carboxylic acids is 2. The number of hydrogen-bond acceptors (Lipinski definition) is 2. The van der Waals surface area contributed by atoms with Gasteiger partial charge in [-0.2, -0.15) is 0 Å². The average Bonchev–Trinajstić information content (AvgIpc) is 2.71. The lowest BCUT2D eigenvalue weighted by atomic mass is 10.0. The lowest BCUT2D eigenvalue weighted by molar-refractivity contribution is -0.119. The Bertz CT molecular complexity index is 338. The Kier molecular flexibility index (Phi) is 22.4. The minimum atomic E-state index is -0.0385. The molecule has 0 spiro atoms. The molecule has 0 rings (SSSR count). The molecule has 0 aromatic rings. The molecule has 0 atom stereocenters. The van der Waals surface area contributed by atoms with E-state index in [1.54, 1.807) is 0 Å². The second-order valence-electron chi connectivity index (χ2n) is 8.52. The van der Waals surface area contributed by atoms with Crippen LogP contribution < -0.4 is 10.6 Å². The number of carbonyl (C=O) groups is 2. The molecule has 0 saturated heterocycles. The molecule has 0 aliphatic heterocycles. The molecule has 0 aliphatic carbocycles. The quantitative estimate of drug-likeness (QED) is 0.184. The smallest absolute Gasteiger partial charge is 0.314 e. The summed E-state index contributed by atoms with van der Waals surface area (Å²) in [6, 6.07) is -0.0385. The number of unbranched alkanes of at least 4 members (excludes halogenated alkanes) is 14. The fourth-order valence-electron chi connectivity index (χ4n) is 3.58. The molecule has 0 aromatic heterocycles. The molecule has 0 saturated carbocycles. The number of urea groups is 1. The minimum Gasteiger partial charge on any atom is -0.338 e. The van der Waals surface area contributed by atoms with Crippen molar-refractivity contribution < 1.29 is 9.59 Å². The van der Waals surface area contributed by atoms with Gasteiger partial charge in [-0.25, -0.2) is 4.79 Å². The first-order valence-corrected chi connectivity index (χ1v) is 12.7. The van der Waals surface area contributed by atoms with Crippen molar-refractivity contribution in [2.45, 2.75) is 136 Å². The van der Waals surface area contributed by atoms with Gasteiger partial charge in [0, 0.05) is 25.9 Å². The molecule has 29 heavy (non-hydrogen) atoms. The van der Waals surface area contributed by atoms with Crippen molar-refractivity contribution in [2.75, 3.05) is 13.1 Å². The van der Waals surface area contributed by atoms with E-state index in [1.165, 1.54) is 70.6 Å². The van der Waals surface area contributed by atoms with E-state index in [-0.39, 0.29) is 6.03 Å². The van der Waals surface area contributed by atoms with E-state index >= 15 is 0 Å². The van der Waals surface area contributed by atoms with Crippen LogP contribution in [0.1, 0.15) is 136 Å². The second-order valence-corrected chi connectivity index (χ2v) is 8.52. The standard InChI is InChI=1S/C25H50N2O2/c1-3-5-7-9-11-12-16-20-24(28)21-17-13-15-19-23-27-25(29)26-22-18-14-10-8-6-4-2/h3-23H2,1-2H3,(H2,26,27,29). The lowest BCUT2D eigenvalue weighted by Gasteiger charge is -2.07. The summed E-state index contributed by atoms with van der Waals surface area (Å²) in [5.41, 5.74) is 0. The highest BCUT2D eigenvalue weighted by Gasteiger charge is 2.02. The number of rotatable bonds is 22. The maximum atomic E-state index is 11.9. The maximum Gasteiger partial charge on any atom is 0.314 e. The summed E-state index contributed by atoms with van der Waals surface area (Å²) >= 11 is 0. The van der Waals surface area contributed by atoms with Crippen LogP contribution in [0.4, 0.5) is 4.79 Å². The van der Waals surface area contributed by atoms with Crippen LogP contribution in [-0.4, -0.2) is 24.9 Å². The van der Waals surface area contributed by atoms with Crippen molar-refractivity contribution in [1.29, 1.82) is 0 Å². The highest BCUT2D eigenvalue weighted by Crippen LogP contribution is 2.11. The number of Topliss-reactive ketones (excluding diaryl/α,β-unsaturated/α-hetero) is 1. The zero-order valence-corrected chi connectivity index (χ0v) is 19.7. The molecule has 4 heteroatoms. The Balaban J connectivity index is 3.27. The molecular formula is C25H50N2O2. The van der Waals surface area contributed by atoms with Crippen LogP contribution in [0.25, 0.3) is 0 Å². The molecule has 0 radical (unpaired) electrons. The summed E-state index contributed by atoms with van der Waals surface area (Å²) in [6.45, 7) is 5.97. The van der Waals surface area contributed by atoms with Gasteiger partial charge < -0.3 is 10.6 Å². The van der Waals surface area contributed by atoms with Gasteiger partial charge in [0.25, 0.3) is 0 Å². The van der Waals surface area contributed by atoms with Gasteiger partial charge in [-0.15, -0.1) is 0 Å². The predicted molar refractivity (Wildman–Crippen MR) is 125 cm³/mol. The van der Waals surface area contributed by atoms with Gasteiger partial charge in [-0.3, -0.25) is 4.79 Å². The number of hydrogen-bond donors (Lipinski definition) is 2. The second kappa shape index (κ2) is 23.2. The monoisotopic (exact) mass is 410 g/mol. The molecule has 2 N–H and O–H groups in total. The summed E-state index contributed by atoms with van der Waals surface area (Å²) < 4.78 is 0. The number of nitrogens with one attached hydrogen (secondary N) is 2. The molecule has 172 valence electrons. The maximum absolute atomic E-state index is 11.9. The van der Waals surface area contributed by atoms with Crippen LogP contribution in [0.3, 0.4) is 0 Å². The first-order chi connectivity index (χ1) is 14.2. The van der Waals surface area contributed by atoms with Gasteiger partial charge in [0.2, 0.25) is 0 Å². The molecule has 0 unspecified atom stereocenters. The van der Waals surface area contributed by atoms with Crippen LogP contribution in [-0.2, 0) is 4.79 Å². The topological polar surface area (TPSA) is 58.2 Å². The zero-order chi connectivity index (χ0) is 21.4. The normalized spacial score (nSPS) is 10.8. The number of ketones is 1.